The minimum atomic E-state index is 0.468. The second kappa shape index (κ2) is 5.51. The molecule has 0 aliphatic heterocycles. The van der Waals surface area contributed by atoms with Crippen molar-refractivity contribution in [2.45, 2.75) is 13.5 Å². The number of anilines is 2. The smallest absolute Gasteiger partial charge is 0.0614 e. The molecule has 2 aromatic rings. The van der Waals surface area contributed by atoms with Crippen LogP contribution in [0.3, 0.4) is 0 Å². The van der Waals surface area contributed by atoms with E-state index in [1.165, 1.54) is 11.1 Å². The zero-order chi connectivity index (χ0) is 13.1. The van der Waals surface area contributed by atoms with Crippen molar-refractivity contribution in [3.8, 4) is 0 Å². The monoisotopic (exact) mass is 280 g/mol. The number of nitrogen functional groups attached to an aromatic ring is 1. The van der Waals surface area contributed by atoms with Crippen molar-refractivity contribution in [1.82, 2.24) is 0 Å². The quantitative estimate of drug-likeness (QED) is 0.813. The summed E-state index contributed by atoms with van der Waals surface area (Å²) in [6.45, 7) is 2.76. The van der Waals surface area contributed by atoms with Crippen LogP contribution in [0.25, 0.3) is 0 Å². The fraction of sp³-hybridized carbons (Fsp3) is 0.143. The van der Waals surface area contributed by atoms with E-state index in [0.29, 0.717) is 22.3 Å². The molecule has 4 heteroatoms. The van der Waals surface area contributed by atoms with Crippen LogP contribution < -0.4 is 11.1 Å². The first-order chi connectivity index (χ1) is 8.56. The van der Waals surface area contributed by atoms with Gasteiger partial charge in [0.05, 0.1) is 21.4 Å². The SMILES string of the molecule is Cc1cccc(CNc2cc(Cl)c(Cl)cc2N)c1. The highest BCUT2D eigenvalue weighted by Gasteiger charge is 2.04. The molecule has 0 aliphatic carbocycles. The first-order valence-corrected chi connectivity index (χ1v) is 6.36. The second-order valence-electron chi connectivity index (χ2n) is 4.20. The normalized spacial score (nSPS) is 10.4. The lowest BCUT2D eigenvalue weighted by molar-refractivity contribution is 1.14. The van der Waals surface area contributed by atoms with Gasteiger partial charge in [0.25, 0.3) is 0 Å². The van der Waals surface area contributed by atoms with Gasteiger partial charge in [-0.05, 0) is 24.6 Å². The fourth-order valence-corrected chi connectivity index (χ4v) is 2.07. The van der Waals surface area contributed by atoms with Crippen molar-refractivity contribution in [2.24, 2.45) is 0 Å². The van der Waals surface area contributed by atoms with Crippen LogP contribution in [0.4, 0.5) is 11.4 Å². The first-order valence-electron chi connectivity index (χ1n) is 5.60. The van der Waals surface area contributed by atoms with Crippen LogP contribution in [-0.2, 0) is 6.54 Å². The van der Waals surface area contributed by atoms with E-state index in [4.69, 9.17) is 28.9 Å². The van der Waals surface area contributed by atoms with Crippen LogP contribution in [0.2, 0.25) is 10.0 Å². The lowest BCUT2D eigenvalue weighted by Crippen LogP contribution is -2.02. The van der Waals surface area contributed by atoms with E-state index in [1.807, 2.05) is 6.07 Å². The van der Waals surface area contributed by atoms with E-state index in [9.17, 15) is 0 Å². The van der Waals surface area contributed by atoms with Crippen LogP contribution in [0.5, 0.6) is 0 Å². The van der Waals surface area contributed by atoms with E-state index in [0.717, 1.165) is 5.69 Å². The summed E-state index contributed by atoms with van der Waals surface area (Å²) < 4.78 is 0. The number of rotatable bonds is 3. The van der Waals surface area contributed by atoms with Gasteiger partial charge in [-0.15, -0.1) is 0 Å². The number of aryl methyl sites for hydroxylation is 1. The molecule has 18 heavy (non-hydrogen) atoms. The standard InChI is InChI=1S/C14H14Cl2N2/c1-9-3-2-4-10(5-9)8-18-14-7-12(16)11(15)6-13(14)17/h2-7,18H,8,17H2,1H3. The molecule has 0 aromatic heterocycles. The molecule has 0 aliphatic rings. The minimum Gasteiger partial charge on any atom is -0.397 e. The molecule has 0 saturated carbocycles. The van der Waals surface area contributed by atoms with Crippen LogP contribution in [0, 0.1) is 6.92 Å². The zero-order valence-electron chi connectivity index (χ0n) is 10.0. The molecule has 0 spiro atoms. The number of hydrogen-bond acceptors (Lipinski definition) is 2. The first kappa shape index (κ1) is 13.1. The van der Waals surface area contributed by atoms with Crippen molar-refractivity contribution in [3.05, 3.63) is 57.6 Å². The van der Waals surface area contributed by atoms with Gasteiger partial charge in [-0.25, -0.2) is 0 Å². The van der Waals surface area contributed by atoms with Gasteiger partial charge in [0, 0.05) is 6.54 Å². The highest BCUT2D eigenvalue weighted by molar-refractivity contribution is 6.42. The Labute approximate surface area is 117 Å². The molecule has 2 nitrogen and oxygen atoms in total. The summed E-state index contributed by atoms with van der Waals surface area (Å²) in [6.07, 6.45) is 0. The third kappa shape index (κ3) is 3.09. The van der Waals surface area contributed by atoms with Gasteiger partial charge in [0.15, 0.2) is 0 Å². The summed E-state index contributed by atoms with van der Waals surface area (Å²) >= 11 is 11.8. The molecule has 0 radical (unpaired) electrons. The Bertz CT molecular complexity index is 568. The summed E-state index contributed by atoms with van der Waals surface area (Å²) in [5.41, 5.74) is 9.70. The van der Waals surface area contributed by atoms with E-state index in [1.54, 1.807) is 12.1 Å². The maximum atomic E-state index is 5.97. The number of hydrogen-bond donors (Lipinski definition) is 2. The molecular weight excluding hydrogens is 267 g/mol. The van der Waals surface area contributed by atoms with Crippen molar-refractivity contribution in [3.63, 3.8) is 0 Å². The minimum absolute atomic E-state index is 0.468. The number of benzene rings is 2. The van der Waals surface area contributed by atoms with E-state index in [2.05, 4.69) is 30.4 Å². The summed E-state index contributed by atoms with van der Waals surface area (Å²) in [6, 6.07) is 11.7. The average Bonchev–Trinajstić information content (AvgIpc) is 2.32. The molecule has 0 bridgehead atoms. The second-order valence-corrected chi connectivity index (χ2v) is 5.01. The van der Waals surface area contributed by atoms with Crippen molar-refractivity contribution < 1.29 is 0 Å². The molecule has 0 atom stereocenters. The molecule has 94 valence electrons. The molecular formula is C14H14Cl2N2. The number of nitrogens with one attached hydrogen (secondary N) is 1. The largest absolute Gasteiger partial charge is 0.397 e. The van der Waals surface area contributed by atoms with E-state index in [-0.39, 0.29) is 0 Å². The summed E-state index contributed by atoms with van der Waals surface area (Å²) in [4.78, 5) is 0. The molecule has 0 fully saturated rings. The van der Waals surface area contributed by atoms with Gasteiger partial charge >= 0.3 is 0 Å². The molecule has 0 unspecified atom stereocenters. The third-order valence-corrected chi connectivity index (χ3v) is 3.38. The Morgan fingerprint density at radius 1 is 1.11 bits per heavy atom. The van der Waals surface area contributed by atoms with Crippen LogP contribution in [0.15, 0.2) is 36.4 Å². The Balaban J connectivity index is 2.13. The fourth-order valence-electron chi connectivity index (χ4n) is 1.73. The Morgan fingerprint density at radius 2 is 1.83 bits per heavy atom. The van der Waals surface area contributed by atoms with Gasteiger partial charge in [-0.3, -0.25) is 0 Å². The van der Waals surface area contributed by atoms with Gasteiger partial charge in [-0.2, -0.15) is 0 Å². The average molecular weight is 281 g/mol. The molecule has 2 aromatic carbocycles. The van der Waals surface area contributed by atoms with Crippen molar-refractivity contribution >= 4 is 34.6 Å². The predicted octanol–water partition coefficient (Wildman–Crippen LogP) is 4.50. The predicted molar refractivity (Wildman–Crippen MR) is 79.4 cm³/mol. The van der Waals surface area contributed by atoms with Crippen molar-refractivity contribution in [1.29, 1.82) is 0 Å². The third-order valence-electron chi connectivity index (χ3n) is 2.66. The highest BCUT2D eigenvalue weighted by Crippen LogP contribution is 2.30. The zero-order valence-corrected chi connectivity index (χ0v) is 11.5. The van der Waals surface area contributed by atoms with Crippen LogP contribution in [0.1, 0.15) is 11.1 Å². The summed E-state index contributed by atoms with van der Waals surface area (Å²) in [5.74, 6) is 0. The van der Waals surface area contributed by atoms with Gasteiger partial charge in [0.1, 0.15) is 0 Å². The lowest BCUT2D eigenvalue weighted by atomic mass is 10.1. The molecule has 0 heterocycles. The van der Waals surface area contributed by atoms with Gasteiger partial charge in [-0.1, -0.05) is 53.0 Å². The van der Waals surface area contributed by atoms with Gasteiger partial charge < -0.3 is 11.1 Å². The Morgan fingerprint density at radius 3 is 2.56 bits per heavy atom. The molecule has 0 amide bonds. The molecule has 0 saturated heterocycles. The molecule has 3 N–H and O–H groups in total. The number of halogens is 2. The summed E-state index contributed by atoms with van der Waals surface area (Å²) in [7, 11) is 0. The Hall–Kier alpha value is -1.38. The summed E-state index contributed by atoms with van der Waals surface area (Å²) in [5, 5.41) is 4.22. The van der Waals surface area contributed by atoms with Crippen LogP contribution in [-0.4, -0.2) is 0 Å². The van der Waals surface area contributed by atoms with E-state index >= 15 is 0 Å². The van der Waals surface area contributed by atoms with E-state index < -0.39 is 0 Å². The number of nitrogens with two attached hydrogens (primary N) is 1. The van der Waals surface area contributed by atoms with Crippen molar-refractivity contribution in [2.75, 3.05) is 11.1 Å². The highest BCUT2D eigenvalue weighted by atomic mass is 35.5. The Kier molecular flexibility index (Phi) is 4.00. The lowest BCUT2D eigenvalue weighted by Gasteiger charge is -2.11. The molecule has 2 rings (SSSR count). The maximum Gasteiger partial charge on any atom is 0.0614 e. The van der Waals surface area contributed by atoms with Crippen LogP contribution >= 0.6 is 23.2 Å². The van der Waals surface area contributed by atoms with Gasteiger partial charge in [0.2, 0.25) is 0 Å². The topological polar surface area (TPSA) is 38.0 Å². The maximum absolute atomic E-state index is 5.97.